The number of nitrogens with one attached hydrogen (secondary N) is 2. The van der Waals surface area contributed by atoms with E-state index in [0.717, 1.165) is 5.56 Å². The molecule has 2 aromatic carbocycles. The zero-order chi connectivity index (χ0) is 20.8. The predicted molar refractivity (Wildman–Crippen MR) is 117 cm³/mol. The molecule has 0 aliphatic carbocycles. The summed E-state index contributed by atoms with van der Waals surface area (Å²) in [6.45, 7) is 5.63. The van der Waals surface area contributed by atoms with Crippen LogP contribution in [0, 0.1) is 12.8 Å². The van der Waals surface area contributed by atoms with Crippen molar-refractivity contribution in [2.45, 2.75) is 26.8 Å². The molecule has 0 saturated heterocycles. The number of hydrazone groups is 1. The molecule has 0 aromatic heterocycles. The molecule has 1 atom stereocenters. The van der Waals surface area contributed by atoms with Gasteiger partial charge in [-0.3, -0.25) is 9.59 Å². The number of hydrogen-bond acceptors (Lipinski definition) is 4. The fourth-order valence-electron chi connectivity index (χ4n) is 2.36. The van der Waals surface area contributed by atoms with Gasteiger partial charge in [0.2, 0.25) is 0 Å². The minimum Gasteiger partial charge on any atom is -0.506 e. The third-order valence-corrected chi connectivity index (χ3v) is 5.19. The van der Waals surface area contributed by atoms with E-state index in [9.17, 15) is 14.7 Å². The maximum atomic E-state index is 12.5. The third kappa shape index (κ3) is 5.90. The number of rotatable bonds is 6. The number of phenolic OH excluding ortho intramolecular Hbond substituents is 1. The summed E-state index contributed by atoms with van der Waals surface area (Å²) in [5.41, 5.74) is 4.67. The Hall–Kier alpha value is -2.19. The lowest BCUT2D eigenvalue weighted by atomic mass is 10.0. The average molecular weight is 511 g/mol. The molecule has 0 radical (unpaired) electrons. The summed E-state index contributed by atoms with van der Waals surface area (Å²) < 4.78 is 1.00. The van der Waals surface area contributed by atoms with Crippen LogP contribution >= 0.6 is 31.9 Å². The second-order valence-corrected chi connectivity index (χ2v) is 8.34. The van der Waals surface area contributed by atoms with Gasteiger partial charge >= 0.3 is 0 Å². The van der Waals surface area contributed by atoms with E-state index in [4.69, 9.17) is 0 Å². The molecule has 0 aliphatic rings. The van der Waals surface area contributed by atoms with Crippen LogP contribution in [0.1, 0.15) is 35.3 Å². The average Bonchev–Trinajstić information content (AvgIpc) is 2.64. The van der Waals surface area contributed by atoms with E-state index in [0.29, 0.717) is 20.1 Å². The number of aromatic hydroxyl groups is 1. The number of phenols is 1. The van der Waals surface area contributed by atoms with Gasteiger partial charge in [0.15, 0.2) is 0 Å². The molecular weight excluding hydrogens is 490 g/mol. The maximum absolute atomic E-state index is 12.5. The fraction of sp³-hybridized carbons (Fsp3) is 0.250. The summed E-state index contributed by atoms with van der Waals surface area (Å²) in [6, 6.07) is 9.72. The van der Waals surface area contributed by atoms with Gasteiger partial charge in [-0.25, -0.2) is 5.43 Å². The quantitative estimate of drug-likeness (QED) is 0.403. The highest BCUT2D eigenvalue weighted by Crippen LogP contribution is 2.32. The van der Waals surface area contributed by atoms with Crippen LogP contribution in [-0.2, 0) is 4.79 Å². The first-order valence-corrected chi connectivity index (χ1v) is 10.2. The standard InChI is InChI=1S/C20H21Br2N3O3/c1-11(2)17(24-19(27)14-6-4-12(3)5-7-14)20(28)25-23-10-13-8-15(21)18(26)16(22)9-13/h4-11,17,26H,1-3H3,(H,24,27)(H,25,28)/b23-10+. The van der Waals surface area contributed by atoms with Crippen molar-refractivity contribution in [3.8, 4) is 5.75 Å². The smallest absolute Gasteiger partial charge is 0.262 e. The molecule has 1 unspecified atom stereocenters. The van der Waals surface area contributed by atoms with Crippen molar-refractivity contribution in [3.05, 3.63) is 62.0 Å². The van der Waals surface area contributed by atoms with Gasteiger partial charge in [-0.15, -0.1) is 0 Å². The number of aryl methyl sites for hydroxylation is 1. The largest absolute Gasteiger partial charge is 0.506 e. The Balaban J connectivity index is 2.04. The summed E-state index contributed by atoms with van der Waals surface area (Å²) in [5, 5.41) is 16.4. The molecule has 2 rings (SSSR count). The number of carbonyl (C=O) groups excluding carboxylic acids is 2. The van der Waals surface area contributed by atoms with Crippen LogP contribution < -0.4 is 10.7 Å². The second kappa shape index (κ2) is 9.84. The number of carbonyl (C=O) groups is 2. The SMILES string of the molecule is Cc1ccc(C(=O)NC(C(=O)N/N=C/c2cc(Br)c(O)c(Br)c2)C(C)C)cc1. The minimum atomic E-state index is -0.732. The highest BCUT2D eigenvalue weighted by molar-refractivity contribution is 9.11. The highest BCUT2D eigenvalue weighted by Gasteiger charge is 2.24. The van der Waals surface area contributed by atoms with Crippen molar-refractivity contribution in [2.75, 3.05) is 0 Å². The van der Waals surface area contributed by atoms with Crippen LogP contribution in [0.4, 0.5) is 0 Å². The highest BCUT2D eigenvalue weighted by atomic mass is 79.9. The van der Waals surface area contributed by atoms with Crippen LogP contribution in [-0.4, -0.2) is 29.2 Å². The number of halogens is 2. The second-order valence-electron chi connectivity index (χ2n) is 6.63. The molecule has 0 spiro atoms. The van der Waals surface area contributed by atoms with E-state index in [-0.39, 0.29) is 17.6 Å². The summed E-state index contributed by atoms with van der Waals surface area (Å²) in [7, 11) is 0. The van der Waals surface area contributed by atoms with E-state index in [1.807, 2.05) is 32.9 Å². The summed E-state index contributed by atoms with van der Waals surface area (Å²) >= 11 is 6.47. The Morgan fingerprint density at radius 1 is 1.11 bits per heavy atom. The molecule has 0 fully saturated rings. The van der Waals surface area contributed by atoms with Gasteiger partial charge in [0.25, 0.3) is 11.8 Å². The summed E-state index contributed by atoms with van der Waals surface area (Å²) in [4.78, 5) is 24.9. The molecule has 0 aliphatic heterocycles. The Morgan fingerprint density at radius 3 is 2.21 bits per heavy atom. The lowest BCUT2D eigenvalue weighted by Crippen LogP contribution is -2.48. The van der Waals surface area contributed by atoms with Crippen molar-refractivity contribution in [2.24, 2.45) is 11.0 Å². The Morgan fingerprint density at radius 2 is 1.68 bits per heavy atom. The van der Waals surface area contributed by atoms with Gasteiger partial charge < -0.3 is 10.4 Å². The van der Waals surface area contributed by atoms with Crippen molar-refractivity contribution in [3.63, 3.8) is 0 Å². The molecular formula is C20H21Br2N3O3. The Labute approximate surface area is 180 Å². The van der Waals surface area contributed by atoms with E-state index in [1.165, 1.54) is 6.21 Å². The zero-order valence-electron chi connectivity index (χ0n) is 15.7. The van der Waals surface area contributed by atoms with Crippen molar-refractivity contribution < 1.29 is 14.7 Å². The summed E-state index contributed by atoms with van der Waals surface area (Å²) in [6.07, 6.45) is 1.45. The van der Waals surface area contributed by atoms with Crippen molar-refractivity contribution in [1.82, 2.24) is 10.7 Å². The first kappa shape index (κ1) is 22.1. The van der Waals surface area contributed by atoms with E-state index in [1.54, 1.807) is 24.3 Å². The minimum absolute atomic E-state index is 0.0832. The molecule has 0 bridgehead atoms. The molecule has 28 heavy (non-hydrogen) atoms. The van der Waals surface area contributed by atoms with Gasteiger partial charge in [0.1, 0.15) is 11.8 Å². The third-order valence-electron chi connectivity index (χ3n) is 3.98. The van der Waals surface area contributed by atoms with E-state index in [2.05, 4.69) is 47.7 Å². The molecule has 3 N–H and O–H groups in total. The molecule has 0 heterocycles. The van der Waals surface area contributed by atoms with Crippen LogP contribution in [0.5, 0.6) is 5.75 Å². The van der Waals surface area contributed by atoms with Gasteiger partial charge in [-0.2, -0.15) is 5.10 Å². The number of hydrogen-bond donors (Lipinski definition) is 3. The molecule has 148 valence electrons. The van der Waals surface area contributed by atoms with E-state index < -0.39 is 11.9 Å². The zero-order valence-corrected chi connectivity index (χ0v) is 18.8. The van der Waals surface area contributed by atoms with Gasteiger partial charge in [0, 0.05) is 5.56 Å². The van der Waals surface area contributed by atoms with Gasteiger partial charge in [-0.1, -0.05) is 31.5 Å². The van der Waals surface area contributed by atoms with Crippen molar-refractivity contribution in [1.29, 1.82) is 0 Å². The lowest BCUT2D eigenvalue weighted by Gasteiger charge is -2.20. The van der Waals surface area contributed by atoms with Crippen LogP contribution in [0.3, 0.4) is 0 Å². The fourth-order valence-corrected chi connectivity index (χ4v) is 3.59. The lowest BCUT2D eigenvalue weighted by molar-refractivity contribution is -0.123. The van der Waals surface area contributed by atoms with Crippen LogP contribution in [0.2, 0.25) is 0 Å². The van der Waals surface area contributed by atoms with Crippen LogP contribution in [0.15, 0.2) is 50.4 Å². The molecule has 2 amide bonds. The van der Waals surface area contributed by atoms with Crippen LogP contribution in [0.25, 0.3) is 0 Å². The first-order chi connectivity index (χ1) is 13.2. The Bertz CT molecular complexity index is 873. The number of amides is 2. The molecule has 2 aromatic rings. The maximum Gasteiger partial charge on any atom is 0.262 e. The molecule has 8 heteroatoms. The first-order valence-electron chi connectivity index (χ1n) is 8.57. The summed E-state index contributed by atoms with van der Waals surface area (Å²) in [5.74, 6) is -0.769. The Kier molecular flexibility index (Phi) is 7.77. The van der Waals surface area contributed by atoms with Crippen molar-refractivity contribution >= 4 is 49.9 Å². The molecule has 0 saturated carbocycles. The predicted octanol–water partition coefficient (Wildman–Crippen LogP) is 4.13. The topological polar surface area (TPSA) is 90.8 Å². The van der Waals surface area contributed by atoms with Gasteiger partial charge in [0.05, 0.1) is 15.2 Å². The number of benzene rings is 2. The van der Waals surface area contributed by atoms with E-state index >= 15 is 0 Å². The van der Waals surface area contributed by atoms with Gasteiger partial charge in [-0.05, 0) is 74.5 Å². The monoisotopic (exact) mass is 509 g/mol. The normalized spacial score (nSPS) is 12.2. The molecule has 6 nitrogen and oxygen atoms in total. The number of nitrogens with zero attached hydrogens (tertiary/aromatic N) is 1.